The van der Waals surface area contributed by atoms with Gasteiger partial charge >= 0.3 is 0 Å². The summed E-state index contributed by atoms with van der Waals surface area (Å²) in [7, 11) is 0. The summed E-state index contributed by atoms with van der Waals surface area (Å²) < 4.78 is 1.53. The highest BCUT2D eigenvalue weighted by Crippen LogP contribution is 2.39. The lowest BCUT2D eigenvalue weighted by Crippen LogP contribution is -1.97. The number of hydrogen-bond donors (Lipinski definition) is 1. The molecule has 1 N–H and O–H groups in total. The lowest BCUT2D eigenvalue weighted by atomic mass is 10.1. The van der Waals surface area contributed by atoms with Gasteiger partial charge in [-0.3, -0.25) is 0 Å². The second-order valence-corrected chi connectivity index (χ2v) is 6.82. The smallest absolute Gasteiger partial charge is 0.123 e. The first kappa shape index (κ1) is 12.6. The second kappa shape index (κ2) is 5.19. The third-order valence-corrected chi connectivity index (χ3v) is 5.88. The van der Waals surface area contributed by atoms with Crippen LogP contribution in [0.1, 0.15) is 28.3 Å². The molecule has 0 spiro atoms. The summed E-state index contributed by atoms with van der Waals surface area (Å²) in [4.78, 5) is 1.90. The minimum atomic E-state index is -0.552. The minimum absolute atomic E-state index is 0.552. The molecule has 0 aromatic carbocycles. The lowest BCUT2D eigenvalue weighted by molar-refractivity contribution is 0.227. The number of aliphatic hydroxyl groups excluding tert-OH is 1. The molecule has 0 aliphatic heterocycles. The maximum absolute atomic E-state index is 10.3. The summed E-state index contributed by atoms with van der Waals surface area (Å²) >= 11 is 12.3. The summed E-state index contributed by atoms with van der Waals surface area (Å²) in [5.74, 6) is 0. The molecular formula is C11H10BrClOS2. The molecular weight excluding hydrogens is 328 g/mol. The average Bonchev–Trinajstić information content (AvgIpc) is 2.85. The standard InChI is InChI=1S/C11H10BrClOS2/c1-2-6-3-4-15-10(6)9(14)8-5-7(12)11(13)16-8/h3-5,9,14H,2H2,1H3. The molecule has 0 bridgehead atoms. The summed E-state index contributed by atoms with van der Waals surface area (Å²) in [6.07, 6.45) is 0.389. The van der Waals surface area contributed by atoms with Gasteiger partial charge in [-0.2, -0.15) is 0 Å². The van der Waals surface area contributed by atoms with Crippen LogP contribution < -0.4 is 0 Å². The first-order valence-corrected chi connectivity index (χ1v) is 7.69. The maximum atomic E-state index is 10.3. The van der Waals surface area contributed by atoms with Gasteiger partial charge in [0.2, 0.25) is 0 Å². The Balaban J connectivity index is 2.35. The van der Waals surface area contributed by atoms with Crippen LogP contribution in [0.4, 0.5) is 0 Å². The fraction of sp³-hybridized carbons (Fsp3) is 0.273. The fourth-order valence-electron chi connectivity index (χ4n) is 1.51. The quantitative estimate of drug-likeness (QED) is 0.847. The first-order chi connectivity index (χ1) is 7.63. The number of halogens is 2. The van der Waals surface area contributed by atoms with Gasteiger partial charge in [0, 0.05) is 14.2 Å². The molecule has 2 aromatic heterocycles. The molecule has 0 radical (unpaired) electrons. The van der Waals surface area contributed by atoms with Crippen molar-refractivity contribution in [3.05, 3.63) is 41.6 Å². The molecule has 2 heterocycles. The molecule has 86 valence electrons. The van der Waals surface area contributed by atoms with E-state index in [1.54, 1.807) is 11.3 Å². The van der Waals surface area contributed by atoms with E-state index in [2.05, 4.69) is 28.9 Å². The van der Waals surface area contributed by atoms with Crippen molar-refractivity contribution in [2.75, 3.05) is 0 Å². The van der Waals surface area contributed by atoms with Crippen molar-refractivity contribution in [2.45, 2.75) is 19.4 Å². The van der Waals surface area contributed by atoms with Crippen molar-refractivity contribution in [1.29, 1.82) is 0 Å². The molecule has 2 rings (SSSR count). The van der Waals surface area contributed by atoms with E-state index in [0.717, 1.165) is 20.6 Å². The van der Waals surface area contributed by atoms with Crippen LogP contribution in [0.3, 0.4) is 0 Å². The van der Waals surface area contributed by atoms with Gasteiger partial charge in [-0.15, -0.1) is 22.7 Å². The number of aryl methyl sites for hydroxylation is 1. The van der Waals surface area contributed by atoms with E-state index in [-0.39, 0.29) is 0 Å². The van der Waals surface area contributed by atoms with E-state index in [1.807, 2.05) is 11.4 Å². The Morgan fingerprint density at radius 1 is 1.56 bits per heavy atom. The summed E-state index contributed by atoms with van der Waals surface area (Å²) in [6.45, 7) is 2.09. The van der Waals surface area contributed by atoms with E-state index < -0.39 is 6.10 Å². The van der Waals surface area contributed by atoms with Crippen molar-refractivity contribution in [3.63, 3.8) is 0 Å². The van der Waals surface area contributed by atoms with Crippen molar-refractivity contribution in [1.82, 2.24) is 0 Å². The molecule has 0 saturated carbocycles. The predicted molar refractivity (Wildman–Crippen MR) is 74.8 cm³/mol. The van der Waals surface area contributed by atoms with E-state index in [0.29, 0.717) is 4.34 Å². The zero-order valence-electron chi connectivity index (χ0n) is 8.54. The van der Waals surface area contributed by atoms with Crippen LogP contribution in [0, 0.1) is 0 Å². The molecule has 1 nitrogen and oxygen atoms in total. The van der Waals surface area contributed by atoms with Gasteiger partial charge in [0.25, 0.3) is 0 Å². The zero-order valence-corrected chi connectivity index (χ0v) is 12.5. The van der Waals surface area contributed by atoms with E-state index in [4.69, 9.17) is 11.6 Å². The third kappa shape index (κ3) is 2.36. The van der Waals surface area contributed by atoms with Crippen LogP contribution in [0.25, 0.3) is 0 Å². The molecule has 0 fully saturated rings. The normalized spacial score (nSPS) is 13.0. The topological polar surface area (TPSA) is 20.2 Å². The average molecular weight is 338 g/mol. The molecule has 16 heavy (non-hydrogen) atoms. The Hall–Kier alpha value is 0.130. The summed E-state index contributed by atoms with van der Waals surface area (Å²) in [5.41, 5.74) is 1.21. The highest BCUT2D eigenvalue weighted by Gasteiger charge is 2.18. The minimum Gasteiger partial charge on any atom is -0.382 e. The molecule has 2 aromatic rings. The Kier molecular flexibility index (Phi) is 4.08. The largest absolute Gasteiger partial charge is 0.382 e. The van der Waals surface area contributed by atoms with Gasteiger partial charge in [-0.05, 0) is 45.4 Å². The van der Waals surface area contributed by atoms with Crippen molar-refractivity contribution < 1.29 is 5.11 Å². The van der Waals surface area contributed by atoms with Crippen LogP contribution >= 0.6 is 50.2 Å². The van der Waals surface area contributed by atoms with Crippen molar-refractivity contribution >= 4 is 50.2 Å². The molecule has 5 heteroatoms. The van der Waals surface area contributed by atoms with E-state index in [9.17, 15) is 5.11 Å². The lowest BCUT2D eigenvalue weighted by Gasteiger charge is -2.08. The number of rotatable bonds is 3. The molecule has 0 aliphatic rings. The highest BCUT2D eigenvalue weighted by atomic mass is 79.9. The number of hydrogen-bond acceptors (Lipinski definition) is 3. The Bertz CT molecular complexity index is 472. The number of aliphatic hydroxyl groups is 1. The van der Waals surface area contributed by atoms with Gasteiger partial charge in [0.15, 0.2) is 0 Å². The van der Waals surface area contributed by atoms with Gasteiger partial charge < -0.3 is 5.11 Å². The second-order valence-electron chi connectivity index (χ2n) is 3.34. The van der Waals surface area contributed by atoms with E-state index >= 15 is 0 Å². The molecule has 1 unspecified atom stereocenters. The van der Waals surface area contributed by atoms with Crippen LogP contribution in [0.5, 0.6) is 0 Å². The zero-order chi connectivity index (χ0) is 11.7. The Morgan fingerprint density at radius 2 is 2.31 bits per heavy atom. The monoisotopic (exact) mass is 336 g/mol. The van der Waals surface area contributed by atoms with Crippen molar-refractivity contribution in [3.8, 4) is 0 Å². The summed E-state index contributed by atoms with van der Waals surface area (Å²) in [6, 6.07) is 3.95. The van der Waals surface area contributed by atoms with Crippen LogP contribution in [-0.2, 0) is 6.42 Å². The summed E-state index contributed by atoms with van der Waals surface area (Å²) in [5, 5.41) is 12.3. The fourth-order valence-corrected chi connectivity index (χ4v) is 4.31. The Morgan fingerprint density at radius 3 is 2.88 bits per heavy atom. The van der Waals surface area contributed by atoms with Crippen molar-refractivity contribution in [2.24, 2.45) is 0 Å². The third-order valence-electron chi connectivity index (χ3n) is 2.34. The molecule has 0 amide bonds. The maximum Gasteiger partial charge on any atom is 0.123 e. The highest BCUT2D eigenvalue weighted by molar-refractivity contribution is 9.10. The van der Waals surface area contributed by atoms with Crippen LogP contribution in [0.15, 0.2) is 22.0 Å². The van der Waals surface area contributed by atoms with E-state index in [1.165, 1.54) is 16.9 Å². The molecule has 0 aliphatic carbocycles. The SMILES string of the molecule is CCc1ccsc1C(O)c1cc(Br)c(Cl)s1. The van der Waals surface area contributed by atoms with Gasteiger partial charge in [-0.25, -0.2) is 0 Å². The van der Waals surface area contributed by atoms with Gasteiger partial charge in [0.1, 0.15) is 10.4 Å². The van der Waals surface area contributed by atoms with Crippen LogP contribution in [0.2, 0.25) is 4.34 Å². The molecule has 0 saturated heterocycles. The Labute approximate surface area is 116 Å². The van der Waals surface area contributed by atoms with Gasteiger partial charge in [-0.1, -0.05) is 18.5 Å². The molecule has 1 atom stereocenters. The number of thiophene rings is 2. The van der Waals surface area contributed by atoms with Crippen LogP contribution in [-0.4, -0.2) is 5.11 Å². The first-order valence-electron chi connectivity index (χ1n) is 4.82. The predicted octanol–water partition coefficient (Wildman–Crippen LogP) is 4.87. The van der Waals surface area contributed by atoms with Gasteiger partial charge in [0.05, 0.1) is 0 Å².